The van der Waals surface area contributed by atoms with Crippen LogP contribution in [0.4, 0.5) is 0 Å². The van der Waals surface area contributed by atoms with Crippen LogP contribution in [0.5, 0.6) is 5.75 Å². The van der Waals surface area contributed by atoms with Gasteiger partial charge in [-0.05, 0) is 18.2 Å². The lowest BCUT2D eigenvalue weighted by Crippen LogP contribution is -1.85. The van der Waals surface area contributed by atoms with Crippen molar-refractivity contribution in [2.24, 2.45) is 0 Å². The SMILES string of the molecule is COc1cccc2c(Br)ccc(Br)c12. The van der Waals surface area contributed by atoms with Gasteiger partial charge in [-0.3, -0.25) is 0 Å². The lowest BCUT2D eigenvalue weighted by Gasteiger charge is -2.08. The molecule has 2 aromatic rings. The fourth-order valence-corrected chi connectivity index (χ4v) is 2.47. The lowest BCUT2D eigenvalue weighted by molar-refractivity contribution is 0.419. The van der Waals surface area contributed by atoms with Gasteiger partial charge in [0.15, 0.2) is 0 Å². The molecular weight excluding hydrogens is 308 g/mol. The van der Waals surface area contributed by atoms with E-state index in [0.29, 0.717) is 0 Å². The van der Waals surface area contributed by atoms with Gasteiger partial charge in [-0.25, -0.2) is 0 Å². The van der Waals surface area contributed by atoms with E-state index < -0.39 is 0 Å². The minimum absolute atomic E-state index is 0.885. The van der Waals surface area contributed by atoms with E-state index in [0.717, 1.165) is 25.5 Å². The number of halogens is 2. The Morgan fingerprint density at radius 3 is 2.43 bits per heavy atom. The number of rotatable bonds is 1. The molecule has 2 aromatic carbocycles. The Bertz CT molecular complexity index is 480. The molecule has 2 rings (SSSR count). The van der Waals surface area contributed by atoms with E-state index >= 15 is 0 Å². The fraction of sp³-hybridized carbons (Fsp3) is 0.0909. The molecule has 0 spiro atoms. The zero-order chi connectivity index (χ0) is 10.1. The Hall–Kier alpha value is -0.540. The fourth-order valence-electron chi connectivity index (χ4n) is 1.47. The standard InChI is InChI=1S/C11H8Br2O/c1-14-10-4-2-3-7-8(12)5-6-9(13)11(7)10/h2-6H,1H3. The van der Waals surface area contributed by atoms with Crippen LogP contribution in [-0.2, 0) is 0 Å². The molecule has 14 heavy (non-hydrogen) atoms. The molecule has 0 atom stereocenters. The zero-order valence-electron chi connectivity index (χ0n) is 7.55. The summed E-state index contributed by atoms with van der Waals surface area (Å²) in [5.74, 6) is 0.885. The summed E-state index contributed by atoms with van der Waals surface area (Å²) in [4.78, 5) is 0. The van der Waals surface area contributed by atoms with Gasteiger partial charge in [0.1, 0.15) is 5.75 Å². The van der Waals surface area contributed by atoms with Crippen molar-refractivity contribution in [1.82, 2.24) is 0 Å². The van der Waals surface area contributed by atoms with Crippen LogP contribution in [0.25, 0.3) is 10.8 Å². The Labute approximate surface area is 99.3 Å². The molecule has 0 aliphatic rings. The first-order valence-corrected chi connectivity index (χ1v) is 5.73. The van der Waals surface area contributed by atoms with Crippen LogP contribution >= 0.6 is 31.9 Å². The van der Waals surface area contributed by atoms with Crippen molar-refractivity contribution in [3.63, 3.8) is 0 Å². The molecule has 72 valence electrons. The van der Waals surface area contributed by atoms with Crippen molar-refractivity contribution in [3.05, 3.63) is 39.3 Å². The summed E-state index contributed by atoms with van der Waals surface area (Å²) < 4.78 is 7.44. The van der Waals surface area contributed by atoms with Crippen LogP contribution in [-0.4, -0.2) is 7.11 Å². The van der Waals surface area contributed by atoms with Gasteiger partial charge in [0, 0.05) is 19.7 Å². The molecule has 0 bridgehead atoms. The van der Waals surface area contributed by atoms with Crippen LogP contribution in [0.15, 0.2) is 39.3 Å². The summed E-state index contributed by atoms with van der Waals surface area (Å²) in [6.45, 7) is 0. The molecule has 0 aliphatic carbocycles. The summed E-state index contributed by atoms with van der Waals surface area (Å²) in [5.41, 5.74) is 0. The number of benzene rings is 2. The maximum Gasteiger partial charge on any atom is 0.127 e. The van der Waals surface area contributed by atoms with Crippen LogP contribution in [0.2, 0.25) is 0 Å². The third-order valence-corrected chi connectivity index (χ3v) is 3.47. The maximum absolute atomic E-state index is 5.31. The molecule has 0 saturated heterocycles. The minimum atomic E-state index is 0.885. The van der Waals surface area contributed by atoms with Gasteiger partial charge >= 0.3 is 0 Å². The highest BCUT2D eigenvalue weighted by Crippen LogP contribution is 2.36. The lowest BCUT2D eigenvalue weighted by atomic mass is 10.1. The average Bonchev–Trinajstić information content (AvgIpc) is 2.23. The number of hydrogen-bond acceptors (Lipinski definition) is 1. The van der Waals surface area contributed by atoms with Gasteiger partial charge in [-0.2, -0.15) is 0 Å². The van der Waals surface area contributed by atoms with E-state index in [1.807, 2.05) is 24.3 Å². The van der Waals surface area contributed by atoms with E-state index in [9.17, 15) is 0 Å². The highest BCUT2D eigenvalue weighted by molar-refractivity contribution is 9.11. The molecular formula is C11H8Br2O. The first kappa shape index (κ1) is 9.99. The van der Waals surface area contributed by atoms with Gasteiger partial charge in [-0.15, -0.1) is 0 Å². The minimum Gasteiger partial charge on any atom is -0.496 e. The van der Waals surface area contributed by atoms with Gasteiger partial charge < -0.3 is 4.74 Å². The molecule has 0 heterocycles. The van der Waals surface area contributed by atoms with Crippen LogP contribution in [0, 0.1) is 0 Å². The third-order valence-electron chi connectivity index (χ3n) is 2.12. The molecule has 3 heteroatoms. The number of methoxy groups -OCH3 is 1. The van der Waals surface area contributed by atoms with Crippen molar-refractivity contribution in [1.29, 1.82) is 0 Å². The molecule has 0 aliphatic heterocycles. The summed E-state index contributed by atoms with van der Waals surface area (Å²) in [7, 11) is 1.68. The van der Waals surface area contributed by atoms with Crippen molar-refractivity contribution in [2.75, 3.05) is 7.11 Å². The second kappa shape index (κ2) is 3.91. The summed E-state index contributed by atoms with van der Waals surface area (Å²) in [6.07, 6.45) is 0. The highest BCUT2D eigenvalue weighted by Gasteiger charge is 2.06. The molecule has 0 fully saturated rings. The number of ether oxygens (including phenoxy) is 1. The Balaban J connectivity index is 2.92. The van der Waals surface area contributed by atoms with E-state index in [4.69, 9.17) is 4.74 Å². The summed E-state index contributed by atoms with van der Waals surface area (Å²) in [5, 5.41) is 2.25. The number of hydrogen-bond donors (Lipinski definition) is 0. The smallest absolute Gasteiger partial charge is 0.127 e. The quantitative estimate of drug-likeness (QED) is 0.759. The second-order valence-corrected chi connectivity index (χ2v) is 4.62. The molecule has 0 aromatic heterocycles. The molecule has 1 nitrogen and oxygen atoms in total. The molecule has 0 unspecified atom stereocenters. The predicted octanol–water partition coefficient (Wildman–Crippen LogP) is 4.37. The van der Waals surface area contributed by atoms with Gasteiger partial charge in [0.2, 0.25) is 0 Å². The third kappa shape index (κ3) is 1.55. The van der Waals surface area contributed by atoms with Crippen molar-refractivity contribution in [2.45, 2.75) is 0 Å². The number of fused-ring (bicyclic) bond motifs is 1. The normalized spacial score (nSPS) is 10.5. The monoisotopic (exact) mass is 314 g/mol. The van der Waals surface area contributed by atoms with Gasteiger partial charge in [0.05, 0.1) is 7.11 Å². The average molecular weight is 316 g/mol. The molecule has 0 N–H and O–H groups in total. The first-order valence-electron chi connectivity index (χ1n) is 4.15. The topological polar surface area (TPSA) is 9.23 Å². The second-order valence-electron chi connectivity index (χ2n) is 2.91. The van der Waals surface area contributed by atoms with Gasteiger partial charge in [0.25, 0.3) is 0 Å². The Kier molecular flexibility index (Phi) is 2.79. The zero-order valence-corrected chi connectivity index (χ0v) is 10.7. The van der Waals surface area contributed by atoms with Crippen LogP contribution in [0.1, 0.15) is 0 Å². The van der Waals surface area contributed by atoms with E-state index in [-0.39, 0.29) is 0 Å². The molecule has 0 amide bonds. The van der Waals surface area contributed by atoms with Gasteiger partial charge in [-0.1, -0.05) is 44.0 Å². The molecule has 0 saturated carbocycles. The first-order chi connectivity index (χ1) is 6.74. The van der Waals surface area contributed by atoms with Crippen LogP contribution in [0.3, 0.4) is 0 Å². The van der Waals surface area contributed by atoms with E-state index in [2.05, 4.69) is 37.9 Å². The van der Waals surface area contributed by atoms with Crippen molar-refractivity contribution < 1.29 is 4.74 Å². The van der Waals surface area contributed by atoms with E-state index in [1.54, 1.807) is 7.11 Å². The largest absolute Gasteiger partial charge is 0.496 e. The summed E-state index contributed by atoms with van der Waals surface area (Å²) >= 11 is 7.04. The molecule has 0 radical (unpaired) electrons. The Morgan fingerprint density at radius 1 is 1.00 bits per heavy atom. The van der Waals surface area contributed by atoms with Crippen LogP contribution < -0.4 is 4.74 Å². The highest BCUT2D eigenvalue weighted by atomic mass is 79.9. The summed E-state index contributed by atoms with van der Waals surface area (Å²) in [6, 6.07) is 10.0. The van der Waals surface area contributed by atoms with Crippen molar-refractivity contribution >= 4 is 42.6 Å². The Morgan fingerprint density at radius 2 is 1.71 bits per heavy atom. The van der Waals surface area contributed by atoms with Crippen molar-refractivity contribution in [3.8, 4) is 5.75 Å². The van der Waals surface area contributed by atoms with E-state index in [1.165, 1.54) is 0 Å². The maximum atomic E-state index is 5.31. The predicted molar refractivity (Wildman–Crippen MR) is 65.9 cm³/mol.